The monoisotopic (exact) mass is 345 g/mol. The molecule has 0 aliphatic rings. The lowest BCUT2D eigenvalue weighted by Crippen LogP contribution is -2.17. The van der Waals surface area contributed by atoms with Crippen molar-refractivity contribution in [2.75, 3.05) is 19.0 Å². The van der Waals surface area contributed by atoms with Crippen molar-refractivity contribution in [3.63, 3.8) is 0 Å². The van der Waals surface area contributed by atoms with E-state index in [-0.39, 0.29) is 18.1 Å². The van der Waals surface area contributed by atoms with Gasteiger partial charge in [-0.15, -0.1) is 0 Å². The Labute approximate surface area is 145 Å². The van der Waals surface area contributed by atoms with Crippen LogP contribution in [0.2, 0.25) is 0 Å². The Hall–Kier alpha value is -2.89. The number of carbonyl (C=O) groups excluding carboxylic acids is 2. The number of hydrogen-bond donors (Lipinski definition) is 1. The van der Waals surface area contributed by atoms with E-state index in [1.165, 1.54) is 31.4 Å². The number of para-hydroxylation sites is 1. The number of nitrogens with one attached hydrogen (secondary N) is 1. The van der Waals surface area contributed by atoms with Gasteiger partial charge in [0.1, 0.15) is 11.6 Å². The van der Waals surface area contributed by atoms with Crippen LogP contribution in [0, 0.1) is 12.7 Å². The fourth-order valence-electron chi connectivity index (χ4n) is 2.27. The summed E-state index contributed by atoms with van der Waals surface area (Å²) in [5.74, 6) is -0.499. The fourth-order valence-corrected chi connectivity index (χ4v) is 2.27. The Morgan fingerprint density at radius 2 is 1.84 bits per heavy atom. The first kappa shape index (κ1) is 18.4. The molecule has 5 nitrogen and oxygen atoms in total. The second-order valence-electron chi connectivity index (χ2n) is 5.44. The SMILES string of the molecule is COC(=O)c1cccc(C)c1NC(=O)CCCOc1ccc(F)cc1. The van der Waals surface area contributed by atoms with Crippen LogP contribution < -0.4 is 10.1 Å². The highest BCUT2D eigenvalue weighted by Crippen LogP contribution is 2.21. The summed E-state index contributed by atoms with van der Waals surface area (Å²) in [4.78, 5) is 23.9. The predicted molar refractivity (Wildman–Crippen MR) is 92.3 cm³/mol. The van der Waals surface area contributed by atoms with Crippen molar-refractivity contribution in [1.82, 2.24) is 0 Å². The molecule has 0 aliphatic carbocycles. The lowest BCUT2D eigenvalue weighted by Gasteiger charge is -2.12. The van der Waals surface area contributed by atoms with Gasteiger partial charge in [-0.05, 0) is 49.2 Å². The van der Waals surface area contributed by atoms with Crippen LogP contribution in [0.15, 0.2) is 42.5 Å². The van der Waals surface area contributed by atoms with Crippen LogP contribution in [-0.2, 0) is 9.53 Å². The number of benzene rings is 2. The number of halogens is 1. The Morgan fingerprint density at radius 1 is 1.12 bits per heavy atom. The highest BCUT2D eigenvalue weighted by molar-refractivity contribution is 6.02. The molecule has 0 bridgehead atoms. The van der Waals surface area contributed by atoms with E-state index in [1.807, 2.05) is 0 Å². The molecule has 6 heteroatoms. The van der Waals surface area contributed by atoms with E-state index in [2.05, 4.69) is 5.32 Å². The molecule has 0 atom stereocenters. The molecule has 0 spiro atoms. The van der Waals surface area contributed by atoms with Gasteiger partial charge in [-0.1, -0.05) is 12.1 Å². The molecule has 1 N–H and O–H groups in total. The summed E-state index contributed by atoms with van der Waals surface area (Å²) in [6, 6.07) is 10.8. The van der Waals surface area contributed by atoms with Gasteiger partial charge in [0.05, 0.1) is 25.0 Å². The minimum Gasteiger partial charge on any atom is -0.494 e. The number of methoxy groups -OCH3 is 1. The molecule has 1 amide bonds. The molecule has 0 fully saturated rings. The molecule has 132 valence electrons. The van der Waals surface area contributed by atoms with Crippen LogP contribution >= 0.6 is 0 Å². The Balaban J connectivity index is 1.86. The zero-order valence-electron chi connectivity index (χ0n) is 14.2. The Morgan fingerprint density at radius 3 is 2.52 bits per heavy atom. The summed E-state index contributed by atoms with van der Waals surface area (Å²) >= 11 is 0. The third-order valence-corrected chi connectivity index (χ3v) is 3.57. The van der Waals surface area contributed by atoms with Crippen LogP contribution in [0.3, 0.4) is 0 Å². The van der Waals surface area contributed by atoms with Gasteiger partial charge >= 0.3 is 5.97 Å². The first-order chi connectivity index (χ1) is 12.0. The van der Waals surface area contributed by atoms with Crippen LogP contribution in [0.25, 0.3) is 0 Å². The summed E-state index contributed by atoms with van der Waals surface area (Å²) in [7, 11) is 1.29. The maximum atomic E-state index is 12.8. The van der Waals surface area contributed by atoms with E-state index in [9.17, 15) is 14.0 Å². The summed E-state index contributed by atoms with van der Waals surface area (Å²) in [5.41, 5.74) is 1.55. The normalized spacial score (nSPS) is 10.2. The molecule has 25 heavy (non-hydrogen) atoms. The highest BCUT2D eigenvalue weighted by atomic mass is 19.1. The smallest absolute Gasteiger partial charge is 0.339 e. The van der Waals surface area contributed by atoms with Crippen molar-refractivity contribution in [1.29, 1.82) is 0 Å². The Kier molecular flexibility index (Phi) is 6.51. The van der Waals surface area contributed by atoms with Crippen LogP contribution in [-0.4, -0.2) is 25.6 Å². The number of amides is 1. The van der Waals surface area contributed by atoms with E-state index in [4.69, 9.17) is 9.47 Å². The molecule has 0 aromatic heterocycles. The maximum Gasteiger partial charge on any atom is 0.339 e. The van der Waals surface area contributed by atoms with Crippen LogP contribution in [0.1, 0.15) is 28.8 Å². The lowest BCUT2D eigenvalue weighted by molar-refractivity contribution is -0.116. The number of ether oxygens (including phenoxy) is 2. The maximum absolute atomic E-state index is 12.8. The van der Waals surface area contributed by atoms with Crippen molar-refractivity contribution in [2.45, 2.75) is 19.8 Å². The molecule has 0 saturated carbocycles. The number of esters is 1. The van der Waals surface area contributed by atoms with Gasteiger partial charge in [-0.25, -0.2) is 9.18 Å². The fraction of sp³-hybridized carbons (Fsp3) is 0.263. The predicted octanol–water partition coefficient (Wildman–Crippen LogP) is 3.72. The third-order valence-electron chi connectivity index (χ3n) is 3.57. The van der Waals surface area contributed by atoms with E-state index in [1.54, 1.807) is 25.1 Å². The van der Waals surface area contributed by atoms with Crippen LogP contribution in [0.4, 0.5) is 10.1 Å². The van der Waals surface area contributed by atoms with Crippen molar-refractivity contribution < 1.29 is 23.5 Å². The van der Waals surface area contributed by atoms with Crippen molar-refractivity contribution in [2.24, 2.45) is 0 Å². The first-order valence-corrected chi connectivity index (χ1v) is 7.87. The molecule has 0 heterocycles. The van der Waals surface area contributed by atoms with Gasteiger partial charge in [0, 0.05) is 6.42 Å². The molecule has 0 aliphatic heterocycles. The second kappa shape index (κ2) is 8.82. The topological polar surface area (TPSA) is 64.6 Å². The van der Waals surface area contributed by atoms with Crippen molar-refractivity contribution in [3.8, 4) is 5.75 Å². The van der Waals surface area contributed by atoms with Crippen molar-refractivity contribution >= 4 is 17.6 Å². The molecule has 0 saturated heterocycles. The Bertz CT molecular complexity index is 744. The van der Waals surface area contributed by atoms with Crippen molar-refractivity contribution in [3.05, 3.63) is 59.4 Å². The molecule has 0 radical (unpaired) electrons. The molecule has 2 rings (SSSR count). The average Bonchev–Trinajstić information content (AvgIpc) is 2.61. The van der Waals surface area contributed by atoms with E-state index >= 15 is 0 Å². The number of aryl methyl sites for hydroxylation is 1. The average molecular weight is 345 g/mol. The zero-order chi connectivity index (χ0) is 18.2. The van der Waals surface area contributed by atoms with Gasteiger partial charge in [0.2, 0.25) is 5.91 Å². The summed E-state index contributed by atoms with van der Waals surface area (Å²) < 4.78 is 23.0. The van der Waals surface area contributed by atoms with E-state index in [0.717, 1.165) is 5.56 Å². The van der Waals surface area contributed by atoms with Gasteiger partial charge in [0.15, 0.2) is 0 Å². The second-order valence-corrected chi connectivity index (χ2v) is 5.44. The largest absolute Gasteiger partial charge is 0.494 e. The summed E-state index contributed by atoms with van der Waals surface area (Å²) in [6.45, 7) is 2.14. The molecular formula is C19H20FNO4. The van der Waals surface area contributed by atoms with Gasteiger partial charge in [-0.3, -0.25) is 4.79 Å². The quantitative estimate of drug-likeness (QED) is 0.614. The standard InChI is InChI=1S/C19H20FNO4/c1-13-5-3-6-16(19(23)24-2)18(13)21-17(22)7-4-12-25-15-10-8-14(20)9-11-15/h3,5-6,8-11H,4,7,12H2,1-2H3,(H,21,22). The molecule has 2 aromatic carbocycles. The summed E-state index contributed by atoms with van der Waals surface area (Å²) in [5, 5.41) is 2.76. The third kappa shape index (κ3) is 5.31. The number of carbonyl (C=O) groups is 2. The number of anilines is 1. The number of hydrogen-bond acceptors (Lipinski definition) is 4. The molecular weight excluding hydrogens is 325 g/mol. The van der Waals surface area contributed by atoms with E-state index in [0.29, 0.717) is 30.0 Å². The van der Waals surface area contributed by atoms with Gasteiger partial charge < -0.3 is 14.8 Å². The molecule has 0 unspecified atom stereocenters. The zero-order valence-corrected chi connectivity index (χ0v) is 14.2. The summed E-state index contributed by atoms with van der Waals surface area (Å²) in [6.07, 6.45) is 0.721. The van der Waals surface area contributed by atoms with Gasteiger partial charge in [-0.2, -0.15) is 0 Å². The minimum absolute atomic E-state index is 0.220. The first-order valence-electron chi connectivity index (χ1n) is 7.87. The number of rotatable bonds is 7. The molecule has 2 aromatic rings. The highest BCUT2D eigenvalue weighted by Gasteiger charge is 2.15. The lowest BCUT2D eigenvalue weighted by atomic mass is 10.1. The minimum atomic E-state index is -0.501. The van der Waals surface area contributed by atoms with Gasteiger partial charge in [0.25, 0.3) is 0 Å². The van der Waals surface area contributed by atoms with Crippen LogP contribution in [0.5, 0.6) is 5.75 Å². The van der Waals surface area contributed by atoms with E-state index < -0.39 is 5.97 Å².